The molecular weight excluding hydrogens is 601 g/mol. The number of rotatable bonds is 14. The van der Waals surface area contributed by atoms with Crippen molar-refractivity contribution in [3.63, 3.8) is 0 Å². The van der Waals surface area contributed by atoms with Gasteiger partial charge in [-0.1, -0.05) is 85.3 Å². The fourth-order valence-corrected chi connectivity index (χ4v) is 5.92. The zero-order valence-electron chi connectivity index (χ0n) is 24.4. The summed E-state index contributed by atoms with van der Waals surface area (Å²) in [7, 11) is -3.59. The van der Waals surface area contributed by atoms with Gasteiger partial charge < -0.3 is 10.2 Å². The topological polar surface area (TPSA) is 95.6 Å². The highest BCUT2D eigenvalue weighted by molar-refractivity contribution is 7.89. The molecule has 0 fully saturated rings. The van der Waals surface area contributed by atoms with Gasteiger partial charge in [0.25, 0.3) is 0 Å². The van der Waals surface area contributed by atoms with E-state index in [9.17, 15) is 22.4 Å². The molecule has 4 aromatic carbocycles. The minimum atomic E-state index is -3.59. The van der Waals surface area contributed by atoms with Crippen LogP contribution in [0.3, 0.4) is 0 Å². The summed E-state index contributed by atoms with van der Waals surface area (Å²) in [5.41, 5.74) is 3.20. The van der Waals surface area contributed by atoms with E-state index < -0.39 is 21.9 Å². The van der Waals surface area contributed by atoms with Crippen LogP contribution in [-0.4, -0.2) is 37.7 Å². The quantitative estimate of drug-likeness (QED) is 0.187. The van der Waals surface area contributed by atoms with Crippen LogP contribution in [0.4, 0.5) is 4.39 Å². The summed E-state index contributed by atoms with van der Waals surface area (Å²) in [6.07, 6.45) is 0.693. The number of hydrogen-bond acceptors (Lipinski definition) is 4. The molecule has 4 rings (SSSR count). The number of benzene rings is 4. The number of aryl methyl sites for hydroxylation is 1. The number of halogens is 2. The maximum absolute atomic E-state index is 13.9. The number of nitrogens with zero attached hydrogens (tertiary/aromatic N) is 1. The highest BCUT2D eigenvalue weighted by atomic mass is 35.5. The first-order chi connectivity index (χ1) is 21.1. The lowest BCUT2D eigenvalue weighted by Crippen LogP contribution is -2.50. The van der Waals surface area contributed by atoms with Crippen molar-refractivity contribution in [2.75, 3.05) is 6.54 Å². The van der Waals surface area contributed by atoms with Crippen LogP contribution in [0.2, 0.25) is 5.02 Å². The van der Waals surface area contributed by atoms with E-state index in [4.69, 9.17) is 11.6 Å². The average molecular weight is 636 g/mol. The maximum Gasteiger partial charge on any atom is 0.243 e. The molecule has 4 aromatic rings. The van der Waals surface area contributed by atoms with Crippen molar-refractivity contribution >= 4 is 33.4 Å². The normalized spacial score (nSPS) is 12.0. The number of carbonyl (C=O) groups excluding carboxylic acids is 2. The summed E-state index contributed by atoms with van der Waals surface area (Å²) >= 11 is 6.01. The lowest BCUT2D eigenvalue weighted by molar-refractivity contribution is -0.141. The Hall–Kier alpha value is -4.05. The van der Waals surface area contributed by atoms with Crippen molar-refractivity contribution in [2.45, 2.75) is 50.2 Å². The van der Waals surface area contributed by atoms with Gasteiger partial charge in [0.1, 0.15) is 11.9 Å². The van der Waals surface area contributed by atoms with Gasteiger partial charge in [0.2, 0.25) is 21.8 Å². The van der Waals surface area contributed by atoms with E-state index in [-0.39, 0.29) is 49.2 Å². The van der Waals surface area contributed by atoms with Crippen LogP contribution in [0, 0.1) is 5.82 Å². The molecule has 44 heavy (non-hydrogen) atoms. The number of amides is 2. The zero-order valence-corrected chi connectivity index (χ0v) is 26.0. The molecule has 10 heteroatoms. The molecule has 0 aliphatic heterocycles. The molecule has 7 nitrogen and oxygen atoms in total. The molecule has 0 bridgehead atoms. The minimum Gasteiger partial charge on any atom is -0.350 e. The van der Waals surface area contributed by atoms with Gasteiger partial charge in [-0.3, -0.25) is 9.59 Å². The predicted octanol–water partition coefficient (Wildman–Crippen LogP) is 5.67. The van der Waals surface area contributed by atoms with E-state index >= 15 is 0 Å². The zero-order chi connectivity index (χ0) is 31.5. The monoisotopic (exact) mass is 635 g/mol. The lowest BCUT2D eigenvalue weighted by Gasteiger charge is -2.32. The second-order valence-corrected chi connectivity index (χ2v) is 12.5. The van der Waals surface area contributed by atoms with Crippen LogP contribution in [0.25, 0.3) is 0 Å². The molecular formula is C34H35ClFN3O4S. The van der Waals surface area contributed by atoms with Crippen molar-refractivity contribution in [3.05, 3.63) is 136 Å². The van der Waals surface area contributed by atoms with Crippen molar-refractivity contribution in [3.8, 4) is 0 Å². The molecule has 1 atom stereocenters. The number of carbonyl (C=O) groups is 2. The Morgan fingerprint density at radius 1 is 0.818 bits per heavy atom. The Labute approximate surface area is 263 Å². The highest BCUT2D eigenvalue weighted by Crippen LogP contribution is 2.19. The van der Waals surface area contributed by atoms with Crippen molar-refractivity contribution < 1.29 is 22.4 Å². The molecule has 0 saturated carbocycles. The Morgan fingerprint density at radius 2 is 1.43 bits per heavy atom. The third-order valence-corrected chi connectivity index (χ3v) is 8.93. The second kappa shape index (κ2) is 15.6. The number of sulfonamides is 1. The molecule has 0 aliphatic carbocycles. The van der Waals surface area contributed by atoms with Gasteiger partial charge in [-0.25, -0.2) is 17.5 Å². The van der Waals surface area contributed by atoms with Gasteiger partial charge >= 0.3 is 0 Å². The molecule has 0 saturated heterocycles. The smallest absolute Gasteiger partial charge is 0.243 e. The van der Waals surface area contributed by atoms with E-state index in [1.165, 1.54) is 24.3 Å². The van der Waals surface area contributed by atoms with E-state index in [1.54, 1.807) is 48.2 Å². The standard InChI is InChI=1S/C34H35ClFN3O4S/c1-2-38-44(42,43)31-19-12-25(13-20-31)14-21-33(40)39(24-28-10-17-30(36)18-11-28)32(22-26-6-4-3-5-7-26)34(41)37-23-27-8-15-29(35)16-9-27/h3-13,15-20,32,38H,2,14,21-24H2,1H3,(H,37,41)/t32-/m0/s1. The van der Waals surface area contributed by atoms with Crippen LogP contribution in [0.15, 0.2) is 108 Å². The van der Waals surface area contributed by atoms with E-state index in [0.29, 0.717) is 17.0 Å². The van der Waals surface area contributed by atoms with E-state index in [1.807, 2.05) is 42.5 Å². The SMILES string of the molecule is CCNS(=O)(=O)c1ccc(CCC(=O)N(Cc2ccc(F)cc2)[C@@H](Cc2ccccc2)C(=O)NCc2ccc(Cl)cc2)cc1. The molecule has 0 spiro atoms. The molecule has 2 N–H and O–H groups in total. The van der Waals surface area contributed by atoms with Crippen LogP contribution in [0.5, 0.6) is 0 Å². The summed E-state index contributed by atoms with van der Waals surface area (Å²) in [4.78, 5) is 29.4. The molecule has 2 amide bonds. The number of nitrogens with one attached hydrogen (secondary N) is 2. The summed E-state index contributed by atoms with van der Waals surface area (Å²) < 4.78 is 40.8. The Bertz CT molecular complexity index is 1630. The number of hydrogen-bond donors (Lipinski definition) is 2. The third-order valence-electron chi connectivity index (χ3n) is 7.11. The third kappa shape index (κ3) is 9.47. The minimum absolute atomic E-state index is 0.0796. The maximum atomic E-state index is 13.9. The largest absolute Gasteiger partial charge is 0.350 e. The first-order valence-electron chi connectivity index (χ1n) is 14.3. The first kappa shape index (κ1) is 32.9. The molecule has 0 radical (unpaired) electrons. The first-order valence-corrected chi connectivity index (χ1v) is 16.2. The Kier molecular flexibility index (Phi) is 11.7. The summed E-state index contributed by atoms with van der Waals surface area (Å²) in [5, 5.41) is 3.56. The predicted molar refractivity (Wildman–Crippen MR) is 170 cm³/mol. The fourth-order valence-electron chi connectivity index (χ4n) is 4.75. The van der Waals surface area contributed by atoms with Crippen LogP contribution < -0.4 is 10.0 Å². The molecule has 0 aromatic heterocycles. The lowest BCUT2D eigenvalue weighted by atomic mass is 10.0. The van der Waals surface area contributed by atoms with Crippen molar-refractivity contribution in [1.29, 1.82) is 0 Å². The molecule has 230 valence electrons. The van der Waals surface area contributed by atoms with Crippen molar-refractivity contribution in [1.82, 2.24) is 14.9 Å². The van der Waals surface area contributed by atoms with Gasteiger partial charge in [0, 0.05) is 37.5 Å². The summed E-state index contributed by atoms with van der Waals surface area (Å²) in [5.74, 6) is -0.980. The van der Waals surface area contributed by atoms with Crippen LogP contribution in [0.1, 0.15) is 35.6 Å². The van der Waals surface area contributed by atoms with Gasteiger partial charge in [-0.05, 0) is 65.1 Å². The molecule has 0 heterocycles. The molecule has 0 aliphatic rings. The van der Waals surface area contributed by atoms with Gasteiger partial charge in [-0.15, -0.1) is 0 Å². The van der Waals surface area contributed by atoms with Crippen LogP contribution >= 0.6 is 11.6 Å². The fraction of sp³-hybridized carbons (Fsp3) is 0.235. The summed E-state index contributed by atoms with van der Waals surface area (Å²) in [6, 6.07) is 28.0. The molecule has 0 unspecified atom stereocenters. The average Bonchev–Trinajstić information content (AvgIpc) is 3.02. The second-order valence-electron chi connectivity index (χ2n) is 10.3. The Morgan fingerprint density at radius 3 is 2.07 bits per heavy atom. The van der Waals surface area contributed by atoms with Crippen molar-refractivity contribution in [2.24, 2.45) is 0 Å². The van der Waals surface area contributed by atoms with E-state index in [2.05, 4.69) is 10.0 Å². The van der Waals surface area contributed by atoms with Gasteiger partial charge in [-0.2, -0.15) is 0 Å². The Balaban J connectivity index is 1.58. The summed E-state index contributed by atoms with van der Waals surface area (Å²) in [6.45, 7) is 2.34. The van der Waals surface area contributed by atoms with E-state index in [0.717, 1.165) is 16.7 Å². The van der Waals surface area contributed by atoms with Gasteiger partial charge in [0.15, 0.2) is 0 Å². The van der Waals surface area contributed by atoms with Gasteiger partial charge in [0.05, 0.1) is 4.90 Å². The van der Waals surface area contributed by atoms with Crippen LogP contribution in [-0.2, 0) is 45.5 Å². The highest BCUT2D eigenvalue weighted by Gasteiger charge is 2.30.